The molecule has 27 heavy (non-hydrogen) atoms. The van der Waals surface area contributed by atoms with Gasteiger partial charge in [0.2, 0.25) is 11.8 Å². The Morgan fingerprint density at radius 3 is 2.93 bits per heavy atom. The first kappa shape index (κ1) is 17.6. The molecular weight excluding hydrogens is 386 g/mol. The lowest BCUT2D eigenvalue weighted by Gasteiger charge is -1.99. The molecule has 3 aromatic heterocycles. The van der Waals surface area contributed by atoms with Gasteiger partial charge in [0.15, 0.2) is 10.8 Å². The van der Waals surface area contributed by atoms with Crippen LogP contribution in [0.4, 0.5) is 5.88 Å². The van der Waals surface area contributed by atoms with Crippen LogP contribution in [-0.2, 0) is 4.79 Å². The summed E-state index contributed by atoms with van der Waals surface area (Å²) in [6.45, 7) is 2.02. The van der Waals surface area contributed by atoms with Gasteiger partial charge in [0.25, 0.3) is 0 Å². The van der Waals surface area contributed by atoms with Gasteiger partial charge in [-0.1, -0.05) is 58.3 Å². The van der Waals surface area contributed by atoms with Gasteiger partial charge in [-0.3, -0.25) is 10.1 Å². The number of thioether (sulfide) groups is 1. The number of amides is 1. The molecule has 0 spiro atoms. The number of nitrogens with one attached hydrogen (secondary N) is 2. The zero-order valence-corrected chi connectivity index (χ0v) is 15.8. The fraction of sp³-hybridized carbons (Fsp3) is 0.111. The molecule has 7 nitrogen and oxygen atoms in total. The Labute approximate surface area is 163 Å². The maximum atomic E-state index is 12.1. The highest BCUT2D eigenvalue weighted by Gasteiger charge is 2.12. The molecule has 0 atom stereocenters. The summed E-state index contributed by atoms with van der Waals surface area (Å²) in [6.07, 6.45) is 1.53. The van der Waals surface area contributed by atoms with Crippen molar-refractivity contribution in [1.82, 2.24) is 20.1 Å². The van der Waals surface area contributed by atoms with E-state index < -0.39 is 0 Å². The van der Waals surface area contributed by atoms with Gasteiger partial charge >= 0.3 is 0 Å². The quantitative estimate of drug-likeness (QED) is 0.485. The molecule has 4 aromatic rings. The minimum absolute atomic E-state index is 0.161. The topological polar surface area (TPSA) is 96.7 Å². The normalized spacial score (nSPS) is 11.0. The molecule has 4 rings (SSSR count). The van der Waals surface area contributed by atoms with E-state index in [0.29, 0.717) is 27.4 Å². The van der Waals surface area contributed by atoms with Gasteiger partial charge in [0.1, 0.15) is 5.69 Å². The molecular formula is C18H14ClN5O2S. The van der Waals surface area contributed by atoms with Crippen molar-refractivity contribution in [3.05, 3.63) is 53.2 Å². The van der Waals surface area contributed by atoms with E-state index in [-0.39, 0.29) is 11.7 Å². The van der Waals surface area contributed by atoms with Crippen LogP contribution in [0.3, 0.4) is 0 Å². The summed E-state index contributed by atoms with van der Waals surface area (Å²) < 4.78 is 5.19. The van der Waals surface area contributed by atoms with E-state index in [9.17, 15) is 4.79 Å². The monoisotopic (exact) mass is 399 g/mol. The minimum atomic E-state index is -0.224. The molecule has 0 bridgehead atoms. The molecule has 136 valence electrons. The smallest absolute Gasteiger partial charge is 0.237 e. The summed E-state index contributed by atoms with van der Waals surface area (Å²) in [4.78, 5) is 23.6. The largest absolute Gasteiger partial charge is 0.338 e. The molecule has 0 unspecified atom stereocenters. The van der Waals surface area contributed by atoms with Crippen molar-refractivity contribution in [3.8, 4) is 11.3 Å². The highest BCUT2D eigenvalue weighted by molar-refractivity contribution is 7.99. The van der Waals surface area contributed by atoms with Crippen molar-refractivity contribution in [2.24, 2.45) is 0 Å². The van der Waals surface area contributed by atoms with Gasteiger partial charge in [-0.05, 0) is 13.0 Å². The first-order chi connectivity index (χ1) is 13.1. The van der Waals surface area contributed by atoms with Gasteiger partial charge in [-0.2, -0.15) is 0 Å². The number of aromatic nitrogens is 4. The first-order valence-electron chi connectivity index (χ1n) is 8.04. The van der Waals surface area contributed by atoms with Crippen LogP contribution in [-0.4, -0.2) is 31.8 Å². The highest BCUT2D eigenvalue weighted by atomic mass is 35.5. The van der Waals surface area contributed by atoms with E-state index in [2.05, 4.69) is 25.4 Å². The number of rotatable bonds is 5. The van der Waals surface area contributed by atoms with Crippen LogP contribution in [0.25, 0.3) is 22.4 Å². The van der Waals surface area contributed by atoms with Crippen LogP contribution in [0.1, 0.15) is 5.56 Å². The second kappa shape index (κ2) is 7.42. The van der Waals surface area contributed by atoms with Crippen molar-refractivity contribution in [2.75, 3.05) is 11.1 Å². The van der Waals surface area contributed by atoms with Gasteiger partial charge in [0, 0.05) is 17.8 Å². The summed E-state index contributed by atoms with van der Waals surface area (Å²) in [5.41, 5.74) is 4.03. The third-order valence-corrected chi connectivity index (χ3v) is 4.82. The molecule has 9 heteroatoms. The molecule has 0 saturated heterocycles. The van der Waals surface area contributed by atoms with Crippen LogP contribution in [0.5, 0.6) is 0 Å². The van der Waals surface area contributed by atoms with Crippen molar-refractivity contribution < 1.29 is 9.32 Å². The van der Waals surface area contributed by atoms with Crippen molar-refractivity contribution in [3.63, 3.8) is 0 Å². The molecule has 0 radical (unpaired) electrons. The highest BCUT2D eigenvalue weighted by Crippen LogP contribution is 2.23. The van der Waals surface area contributed by atoms with Crippen LogP contribution >= 0.6 is 23.4 Å². The lowest BCUT2D eigenvalue weighted by molar-refractivity contribution is -0.113. The molecule has 0 aliphatic carbocycles. The van der Waals surface area contributed by atoms with E-state index in [1.54, 1.807) is 12.1 Å². The summed E-state index contributed by atoms with van der Waals surface area (Å²) in [6, 6.07) is 11.3. The average molecular weight is 400 g/mol. The third kappa shape index (κ3) is 4.12. The third-order valence-electron chi connectivity index (χ3n) is 3.74. The number of fused-ring (bicyclic) bond motifs is 1. The molecule has 0 fully saturated rings. The first-order valence-corrected chi connectivity index (χ1v) is 9.41. The van der Waals surface area contributed by atoms with Crippen molar-refractivity contribution in [1.29, 1.82) is 0 Å². The van der Waals surface area contributed by atoms with Gasteiger partial charge in [-0.15, -0.1) is 0 Å². The van der Waals surface area contributed by atoms with Crippen LogP contribution in [0.15, 0.2) is 52.3 Å². The standard InChI is InChI=1S/C18H14ClN5O2S/c1-10-2-4-11(5-3-10)13-7-16(26-24-13)22-15(25)9-27-18-21-14-6-12(19)8-20-17(14)23-18/h2-8H,9H2,1H3,(H,22,25)(H,20,21,23). The van der Waals surface area contributed by atoms with Gasteiger partial charge in [0.05, 0.1) is 16.3 Å². The van der Waals surface area contributed by atoms with Crippen LogP contribution < -0.4 is 5.32 Å². The maximum absolute atomic E-state index is 12.1. The minimum Gasteiger partial charge on any atom is -0.338 e. The Balaban J connectivity index is 1.37. The van der Waals surface area contributed by atoms with Crippen LogP contribution in [0, 0.1) is 6.92 Å². The molecule has 0 aliphatic rings. The molecule has 0 saturated carbocycles. The van der Waals surface area contributed by atoms with Crippen molar-refractivity contribution >= 4 is 46.3 Å². The van der Waals surface area contributed by atoms with Gasteiger partial charge < -0.3 is 9.51 Å². The van der Waals surface area contributed by atoms with Gasteiger partial charge in [-0.25, -0.2) is 9.97 Å². The number of carbonyl (C=O) groups is 1. The van der Waals surface area contributed by atoms with Crippen LogP contribution in [0.2, 0.25) is 5.02 Å². The Kier molecular flexibility index (Phi) is 4.83. The number of pyridine rings is 1. The summed E-state index contributed by atoms with van der Waals surface area (Å²) in [5.74, 6) is 0.237. The van der Waals surface area contributed by atoms with E-state index in [0.717, 1.165) is 16.6 Å². The average Bonchev–Trinajstić information content (AvgIpc) is 3.27. The number of halogens is 1. The number of benzene rings is 1. The molecule has 0 aliphatic heterocycles. The predicted octanol–water partition coefficient (Wildman–Crippen LogP) is 4.31. The summed E-state index contributed by atoms with van der Waals surface area (Å²) >= 11 is 7.16. The Hall–Kier alpha value is -2.84. The number of anilines is 1. The van der Waals surface area contributed by atoms with Crippen molar-refractivity contribution in [2.45, 2.75) is 12.1 Å². The molecule has 2 N–H and O–H groups in total. The molecule has 1 amide bonds. The summed E-state index contributed by atoms with van der Waals surface area (Å²) in [5, 5.41) is 7.79. The fourth-order valence-electron chi connectivity index (χ4n) is 2.42. The van der Waals surface area contributed by atoms with E-state index in [1.165, 1.54) is 18.0 Å². The predicted molar refractivity (Wildman–Crippen MR) is 105 cm³/mol. The van der Waals surface area contributed by atoms with E-state index in [4.69, 9.17) is 16.1 Å². The Morgan fingerprint density at radius 1 is 1.30 bits per heavy atom. The zero-order valence-electron chi connectivity index (χ0n) is 14.2. The summed E-state index contributed by atoms with van der Waals surface area (Å²) in [7, 11) is 0. The number of carbonyl (C=O) groups excluding carboxylic acids is 1. The lowest BCUT2D eigenvalue weighted by atomic mass is 10.1. The molecule has 3 heterocycles. The number of nitrogens with zero attached hydrogens (tertiary/aromatic N) is 3. The second-order valence-corrected chi connectivity index (χ2v) is 7.25. The maximum Gasteiger partial charge on any atom is 0.237 e. The fourth-order valence-corrected chi connectivity index (χ4v) is 3.25. The number of aryl methyl sites for hydroxylation is 1. The van der Waals surface area contributed by atoms with E-state index >= 15 is 0 Å². The zero-order chi connectivity index (χ0) is 18.8. The number of hydrogen-bond acceptors (Lipinski definition) is 6. The number of imidazole rings is 1. The number of aromatic amines is 1. The number of H-pyrrole nitrogens is 1. The Bertz CT molecular complexity index is 1110. The molecule has 1 aromatic carbocycles. The van der Waals surface area contributed by atoms with E-state index in [1.807, 2.05) is 31.2 Å². The second-order valence-electron chi connectivity index (χ2n) is 5.85. The lowest BCUT2D eigenvalue weighted by Crippen LogP contribution is -2.13. The Morgan fingerprint density at radius 2 is 2.11 bits per heavy atom. The number of hydrogen-bond donors (Lipinski definition) is 2. The SMILES string of the molecule is Cc1ccc(-c2cc(NC(=O)CSc3nc4ncc(Cl)cc4[nH]3)on2)cc1.